The van der Waals surface area contributed by atoms with E-state index in [1.54, 1.807) is 12.0 Å². The average Bonchev–Trinajstić information content (AvgIpc) is 3.84. The van der Waals surface area contributed by atoms with E-state index in [0.717, 1.165) is 60.4 Å². The number of benzene rings is 3. The minimum absolute atomic E-state index is 0.0233. The second kappa shape index (κ2) is 11.9. The zero-order valence-corrected chi connectivity index (χ0v) is 23.6. The summed E-state index contributed by atoms with van der Waals surface area (Å²) < 4.78 is 11.0. The third kappa shape index (κ3) is 5.80. The summed E-state index contributed by atoms with van der Waals surface area (Å²) >= 11 is 0. The van der Waals surface area contributed by atoms with Gasteiger partial charge in [0, 0.05) is 44.2 Å². The lowest BCUT2D eigenvalue weighted by Gasteiger charge is -2.36. The van der Waals surface area contributed by atoms with Crippen molar-refractivity contribution in [3.63, 3.8) is 0 Å². The third-order valence-electron chi connectivity index (χ3n) is 8.40. The molecule has 3 aromatic rings. The summed E-state index contributed by atoms with van der Waals surface area (Å²) in [6, 6.07) is 22.5. The first kappa shape index (κ1) is 27.3. The Morgan fingerprint density at radius 3 is 2.68 bits per heavy atom. The maximum Gasteiger partial charge on any atom is 0.265 e. The number of nitrogens with one attached hydrogen (secondary N) is 1. The number of carbonyl (C=O) groups excluding carboxylic acids is 2. The predicted molar refractivity (Wildman–Crippen MR) is 161 cm³/mol. The monoisotopic (exact) mass is 554 g/mol. The second-order valence-corrected chi connectivity index (χ2v) is 11.2. The SMILES string of the molecule is COCCCN1C(=O)COc2ccc(N(C(=O)[C@H]3CNCC[C@@H]3c3cccc(-c4ccc(N)cc4)c3)C3CC3)cc21. The summed E-state index contributed by atoms with van der Waals surface area (Å²) in [5.41, 5.74) is 11.6. The van der Waals surface area contributed by atoms with E-state index in [0.29, 0.717) is 25.4 Å². The Morgan fingerprint density at radius 2 is 1.90 bits per heavy atom. The van der Waals surface area contributed by atoms with Gasteiger partial charge in [-0.15, -0.1) is 0 Å². The highest BCUT2D eigenvalue weighted by Gasteiger charge is 2.41. The summed E-state index contributed by atoms with van der Waals surface area (Å²) in [7, 11) is 1.66. The van der Waals surface area contributed by atoms with Crippen molar-refractivity contribution < 1.29 is 19.1 Å². The number of nitrogen functional groups attached to an aromatic ring is 1. The lowest BCUT2D eigenvalue weighted by Crippen LogP contribution is -2.47. The molecule has 2 atom stereocenters. The van der Waals surface area contributed by atoms with E-state index >= 15 is 0 Å². The zero-order valence-electron chi connectivity index (χ0n) is 23.6. The number of ether oxygens (including phenoxy) is 2. The summed E-state index contributed by atoms with van der Waals surface area (Å²) in [5, 5.41) is 3.48. The van der Waals surface area contributed by atoms with Crippen molar-refractivity contribution in [2.24, 2.45) is 5.92 Å². The lowest BCUT2D eigenvalue weighted by molar-refractivity contribution is -0.123. The highest BCUT2D eigenvalue weighted by molar-refractivity contribution is 6.01. The normalized spacial score (nSPS) is 20.3. The van der Waals surface area contributed by atoms with Gasteiger partial charge in [0.1, 0.15) is 5.75 Å². The Kier molecular flexibility index (Phi) is 7.94. The van der Waals surface area contributed by atoms with Gasteiger partial charge in [-0.2, -0.15) is 0 Å². The number of rotatable bonds is 9. The molecule has 0 spiro atoms. The standard InChI is InChI=1S/C33H38N4O4/c1-40-17-3-16-36-30-19-27(12-13-31(30)41-21-32(36)38)37(26-10-11-26)33(39)29-20-35-15-14-28(29)24-5-2-4-23(18-24)22-6-8-25(34)9-7-22/h2,4-9,12-13,18-19,26,28-29,35H,3,10-11,14-17,20-21,34H2,1H3/t28-,29+/m1/s1. The van der Waals surface area contributed by atoms with Crippen LogP contribution in [0.4, 0.5) is 17.1 Å². The summed E-state index contributed by atoms with van der Waals surface area (Å²) in [6.07, 6.45) is 3.57. The molecule has 2 amide bonds. The molecular weight excluding hydrogens is 516 g/mol. The summed E-state index contributed by atoms with van der Waals surface area (Å²) in [5.74, 6) is 0.638. The van der Waals surface area contributed by atoms with Crippen molar-refractivity contribution in [2.75, 3.05) is 55.5 Å². The largest absolute Gasteiger partial charge is 0.482 e. The van der Waals surface area contributed by atoms with Crippen LogP contribution in [0.2, 0.25) is 0 Å². The van der Waals surface area contributed by atoms with Gasteiger partial charge in [0.05, 0.1) is 11.6 Å². The third-order valence-corrected chi connectivity index (χ3v) is 8.40. The van der Waals surface area contributed by atoms with Gasteiger partial charge in [-0.25, -0.2) is 0 Å². The highest BCUT2D eigenvalue weighted by Crippen LogP contribution is 2.42. The van der Waals surface area contributed by atoms with E-state index in [1.807, 2.05) is 47.4 Å². The Morgan fingerprint density at radius 1 is 1.07 bits per heavy atom. The topological polar surface area (TPSA) is 97.1 Å². The van der Waals surface area contributed by atoms with Crippen LogP contribution in [0, 0.1) is 5.92 Å². The molecule has 0 unspecified atom stereocenters. The number of anilines is 3. The molecule has 8 heteroatoms. The molecular formula is C33H38N4O4. The fourth-order valence-electron chi connectivity index (χ4n) is 6.12. The van der Waals surface area contributed by atoms with Crippen molar-refractivity contribution in [1.29, 1.82) is 0 Å². The number of hydrogen-bond donors (Lipinski definition) is 2. The fraction of sp³-hybridized carbons (Fsp3) is 0.394. The summed E-state index contributed by atoms with van der Waals surface area (Å²) in [4.78, 5) is 31.0. The molecule has 2 fully saturated rings. The van der Waals surface area contributed by atoms with Gasteiger partial charge in [-0.1, -0.05) is 36.4 Å². The molecule has 2 heterocycles. The number of methoxy groups -OCH3 is 1. The molecule has 3 aromatic carbocycles. The Labute approximate surface area is 241 Å². The smallest absolute Gasteiger partial charge is 0.265 e. The van der Waals surface area contributed by atoms with Gasteiger partial charge in [0.25, 0.3) is 5.91 Å². The fourth-order valence-corrected chi connectivity index (χ4v) is 6.12. The van der Waals surface area contributed by atoms with Crippen molar-refractivity contribution in [2.45, 2.75) is 37.6 Å². The summed E-state index contributed by atoms with van der Waals surface area (Å²) in [6.45, 7) is 2.65. The van der Waals surface area contributed by atoms with Gasteiger partial charge in [0.2, 0.25) is 5.91 Å². The number of fused-ring (bicyclic) bond motifs is 1. The molecule has 0 bridgehead atoms. The number of nitrogens with two attached hydrogens (primary N) is 1. The first-order valence-corrected chi connectivity index (χ1v) is 14.6. The quantitative estimate of drug-likeness (QED) is 0.297. The number of nitrogens with zero attached hydrogens (tertiary/aromatic N) is 2. The predicted octanol–water partition coefficient (Wildman–Crippen LogP) is 4.59. The van der Waals surface area contributed by atoms with Crippen LogP contribution >= 0.6 is 0 Å². The molecule has 0 aromatic heterocycles. The minimum atomic E-state index is -0.197. The molecule has 0 radical (unpaired) electrons. The van der Waals surface area contributed by atoms with Gasteiger partial charge in [-0.05, 0) is 85.2 Å². The van der Waals surface area contributed by atoms with E-state index in [-0.39, 0.29) is 36.3 Å². The van der Waals surface area contributed by atoms with Crippen molar-refractivity contribution in [1.82, 2.24) is 5.32 Å². The molecule has 3 aliphatic rings. The van der Waals surface area contributed by atoms with Gasteiger partial charge < -0.3 is 30.3 Å². The maximum absolute atomic E-state index is 14.4. The molecule has 1 saturated heterocycles. The molecule has 1 aliphatic carbocycles. The zero-order chi connectivity index (χ0) is 28.3. The van der Waals surface area contributed by atoms with Crippen molar-refractivity contribution in [3.05, 3.63) is 72.3 Å². The van der Waals surface area contributed by atoms with Crippen molar-refractivity contribution in [3.8, 4) is 16.9 Å². The number of hydrogen-bond acceptors (Lipinski definition) is 6. The first-order chi connectivity index (χ1) is 20.0. The molecule has 6 rings (SSSR count). The van der Waals surface area contributed by atoms with Crippen LogP contribution in [0.25, 0.3) is 11.1 Å². The molecule has 1 saturated carbocycles. The van der Waals surface area contributed by atoms with Crippen LogP contribution in [0.15, 0.2) is 66.7 Å². The molecule has 2 aliphatic heterocycles. The van der Waals surface area contributed by atoms with E-state index in [4.69, 9.17) is 15.2 Å². The van der Waals surface area contributed by atoms with Crippen LogP contribution < -0.4 is 25.6 Å². The molecule has 8 nitrogen and oxygen atoms in total. The van der Waals surface area contributed by atoms with E-state index < -0.39 is 0 Å². The van der Waals surface area contributed by atoms with Crippen LogP contribution in [-0.4, -0.2) is 57.8 Å². The van der Waals surface area contributed by atoms with Gasteiger partial charge >= 0.3 is 0 Å². The van der Waals surface area contributed by atoms with E-state index in [1.165, 1.54) is 5.56 Å². The van der Waals surface area contributed by atoms with Crippen LogP contribution in [0.5, 0.6) is 5.75 Å². The van der Waals surface area contributed by atoms with Crippen molar-refractivity contribution >= 4 is 28.9 Å². The molecule has 214 valence electrons. The molecule has 41 heavy (non-hydrogen) atoms. The lowest BCUT2D eigenvalue weighted by atomic mass is 9.79. The Balaban J connectivity index is 1.29. The van der Waals surface area contributed by atoms with Gasteiger partial charge in [0.15, 0.2) is 6.61 Å². The second-order valence-electron chi connectivity index (χ2n) is 11.2. The highest BCUT2D eigenvalue weighted by atomic mass is 16.5. The average molecular weight is 555 g/mol. The maximum atomic E-state index is 14.4. The number of carbonyl (C=O) groups is 2. The van der Waals surface area contributed by atoms with Gasteiger partial charge in [-0.3, -0.25) is 9.59 Å². The Bertz CT molecular complexity index is 1400. The Hall–Kier alpha value is -3.88. The van der Waals surface area contributed by atoms with Crippen LogP contribution in [0.1, 0.15) is 37.2 Å². The minimum Gasteiger partial charge on any atom is -0.482 e. The van der Waals surface area contributed by atoms with Crippen LogP contribution in [0.3, 0.4) is 0 Å². The number of amides is 2. The van der Waals surface area contributed by atoms with Crippen LogP contribution in [-0.2, 0) is 14.3 Å². The number of piperidine rings is 1. The van der Waals surface area contributed by atoms with E-state index in [9.17, 15) is 9.59 Å². The molecule has 3 N–H and O–H groups in total. The van der Waals surface area contributed by atoms with E-state index in [2.05, 4.69) is 29.6 Å². The first-order valence-electron chi connectivity index (χ1n) is 14.6.